The van der Waals surface area contributed by atoms with Crippen molar-refractivity contribution in [1.29, 1.82) is 0 Å². The fraction of sp³-hybridized carbons (Fsp3) is 0.286. The highest BCUT2D eigenvalue weighted by atomic mass is 19.1. The van der Waals surface area contributed by atoms with Crippen LogP contribution in [0.25, 0.3) is 0 Å². The summed E-state index contributed by atoms with van der Waals surface area (Å²) in [5.74, 6) is -0.612. The average molecular weight is 246 g/mol. The van der Waals surface area contributed by atoms with Gasteiger partial charge in [-0.1, -0.05) is 6.07 Å². The molecule has 2 rings (SSSR count). The Balaban J connectivity index is 2.06. The molecule has 0 aliphatic rings. The van der Waals surface area contributed by atoms with Crippen LogP contribution < -0.4 is 0 Å². The number of nitrogens with zero attached hydrogens (tertiary/aromatic N) is 2. The van der Waals surface area contributed by atoms with Gasteiger partial charge in [0, 0.05) is 25.4 Å². The van der Waals surface area contributed by atoms with Gasteiger partial charge in [0.15, 0.2) is 5.78 Å². The zero-order chi connectivity index (χ0) is 13.1. The van der Waals surface area contributed by atoms with Crippen LogP contribution in [0.15, 0.2) is 30.5 Å². The zero-order valence-corrected chi connectivity index (χ0v) is 10.5. The first-order chi connectivity index (χ1) is 8.58. The first kappa shape index (κ1) is 12.5. The molecule has 0 fully saturated rings. The largest absolute Gasteiger partial charge is 0.294 e. The number of benzene rings is 1. The summed E-state index contributed by atoms with van der Waals surface area (Å²) in [6, 6.07) is 6.55. The lowest BCUT2D eigenvalue weighted by molar-refractivity contribution is 0.0978. The number of ketones is 1. The van der Waals surface area contributed by atoms with E-state index in [1.165, 1.54) is 6.07 Å². The summed E-state index contributed by atoms with van der Waals surface area (Å²) in [4.78, 5) is 11.9. The second kappa shape index (κ2) is 5.12. The van der Waals surface area contributed by atoms with Gasteiger partial charge in [0.1, 0.15) is 5.82 Å². The molecule has 1 heterocycles. The van der Waals surface area contributed by atoms with Crippen molar-refractivity contribution in [2.75, 3.05) is 0 Å². The summed E-state index contributed by atoms with van der Waals surface area (Å²) in [6.45, 7) is 1.80. The Hall–Kier alpha value is -1.97. The normalized spacial score (nSPS) is 10.6. The third kappa shape index (κ3) is 2.64. The summed E-state index contributed by atoms with van der Waals surface area (Å²) < 4.78 is 15.3. The highest BCUT2D eigenvalue weighted by Gasteiger charge is 2.12. The SMILES string of the molecule is Cc1ccc(C(=O)CCc2ccnn2C)c(F)c1. The van der Waals surface area contributed by atoms with Crippen LogP contribution in [-0.4, -0.2) is 15.6 Å². The number of aryl methyl sites for hydroxylation is 3. The Kier molecular flexibility index (Phi) is 3.55. The van der Waals surface area contributed by atoms with E-state index >= 15 is 0 Å². The van der Waals surface area contributed by atoms with Crippen LogP contribution in [-0.2, 0) is 13.5 Å². The monoisotopic (exact) mass is 246 g/mol. The Morgan fingerprint density at radius 2 is 2.17 bits per heavy atom. The van der Waals surface area contributed by atoms with Gasteiger partial charge in [-0.15, -0.1) is 0 Å². The number of carbonyl (C=O) groups excluding carboxylic acids is 1. The molecule has 4 heteroatoms. The molecule has 1 aromatic carbocycles. The number of carbonyl (C=O) groups is 1. The van der Waals surface area contributed by atoms with Crippen molar-refractivity contribution in [3.05, 3.63) is 53.1 Å². The number of aromatic nitrogens is 2. The second-order valence-corrected chi connectivity index (χ2v) is 4.35. The van der Waals surface area contributed by atoms with Crippen molar-refractivity contribution in [2.24, 2.45) is 7.05 Å². The predicted molar refractivity (Wildman–Crippen MR) is 67.0 cm³/mol. The number of halogens is 1. The molecule has 1 aromatic heterocycles. The molecular formula is C14H15FN2O. The van der Waals surface area contributed by atoms with E-state index < -0.39 is 5.82 Å². The van der Waals surface area contributed by atoms with Crippen LogP contribution in [0, 0.1) is 12.7 Å². The molecule has 0 bridgehead atoms. The first-order valence-electron chi connectivity index (χ1n) is 5.84. The molecule has 94 valence electrons. The van der Waals surface area contributed by atoms with Crippen molar-refractivity contribution < 1.29 is 9.18 Å². The Morgan fingerprint density at radius 1 is 1.39 bits per heavy atom. The van der Waals surface area contributed by atoms with Crippen LogP contribution in [0.5, 0.6) is 0 Å². The summed E-state index contributed by atoms with van der Waals surface area (Å²) >= 11 is 0. The van der Waals surface area contributed by atoms with Gasteiger partial charge >= 0.3 is 0 Å². The van der Waals surface area contributed by atoms with Crippen LogP contribution >= 0.6 is 0 Å². The fourth-order valence-corrected chi connectivity index (χ4v) is 1.87. The third-order valence-corrected chi connectivity index (χ3v) is 2.96. The summed E-state index contributed by atoms with van der Waals surface area (Å²) in [5.41, 5.74) is 1.95. The van der Waals surface area contributed by atoms with Crippen LogP contribution in [0.2, 0.25) is 0 Å². The third-order valence-electron chi connectivity index (χ3n) is 2.96. The highest BCUT2D eigenvalue weighted by Crippen LogP contribution is 2.13. The van der Waals surface area contributed by atoms with Gasteiger partial charge in [0.2, 0.25) is 0 Å². The fourth-order valence-electron chi connectivity index (χ4n) is 1.87. The minimum absolute atomic E-state index is 0.169. The smallest absolute Gasteiger partial charge is 0.166 e. The number of hydrogen-bond donors (Lipinski definition) is 0. The van der Waals surface area contributed by atoms with E-state index in [1.54, 1.807) is 29.9 Å². The van der Waals surface area contributed by atoms with E-state index in [2.05, 4.69) is 5.10 Å². The molecular weight excluding hydrogens is 231 g/mol. The molecule has 0 N–H and O–H groups in total. The minimum Gasteiger partial charge on any atom is -0.294 e. The van der Waals surface area contributed by atoms with Crippen molar-refractivity contribution in [2.45, 2.75) is 19.8 Å². The van der Waals surface area contributed by atoms with Gasteiger partial charge in [-0.2, -0.15) is 5.10 Å². The number of Topliss-reactive ketones (excluding diaryl/α,β-unsaturated/α-hetero) is 1. The molecule has 0 amide bonds. The lowest BCUT2D eigenvalue weighted by Gasteiger charge is -2.04. The molecule has 0 radical (unpaired) electrons. The molecule has 0 spiro atoms. The number of hydrogen-bond acceptors (Lipinski definition) is 2. The summed E-state index contributed by atoms with van der Waals surface area (Å²) in [6.07, 6.45) is 2.55. The topological polar surface area (TPSA) is 34.9 Å². The van der Waals surface area contributed by atoms with Crippen LogP contribution in [0.4, 0.5) is 4.39 Å². The molecule has 18 heavy (non-hydrogen) atoms. The van der Waals surface area contributed by atoms with Gasteiger partial charge in [0.25, 0.3) is 0 Å². The molecule has 0 atom stereocenters. The average Bonchev–Trinajstić information content (AvgIpc) is 2.72. The van der Waals surface area contributed by atoms with Crippen molar-refractivity contribution >= 4 is 5.78 Å². The van der Waals surface area contributed by atoms with Gasteiger partial charge in [-0.25, -0.2) is 4.39 Å². The molecule has 0 saturated carbocycles. The van der Waals surface area contributed by atoms with Crippen LogP contribution in [0.1, 0.15) is 28.0 Å². The van der Waals surface area contributed by atoms with Gasteiger partial charge in [-0.05, 0) is 37.1 Å². The summed E-state index contributed by atoms with van der Waals surface area (Å²) in [5, 5.41) is 4.03. The Morgan fingerprint density at radius 3 is 2.78 bits per heavy atom. The van der Waals surface area contributed by atoms with Crippen molar-refractivity contribution in [1.82, 2.24) is 9.78 Å². The van der Waals surface area contributed by atoms with Crippen LogP contribution in [0.3, 0.4) is 0 Å². The maximum absolute atomic E-state index is 13.6. The van der Waals surface area contributed by atoms with Gasteiger partial charge < -0.3 is 0 Å². The van der Waals surface area contributed by atoms with Gasteiger partial charge in [-0.3, -0.25) is 9.48 Å². The molecule has 0 aliphatic carbocycles. The maximum Gasteiger partial charge on any atom is 0.166 e. The molecule has 2 aromatic rings. The highest BCUT2D eigenvalue weighted by molar-refractivity contribution is 5.96. The van der Waals surface area contributed by atoms with E-state index in [-0.39, 0.29) is 11.3 Å². The van der Waals surface area contributed by atoms with E-state index in [4.69, 9.17) is 0 Å². The second-order valence-electron chi connectivity index (χ2n) is 4.35. The number of rotatable bonds is 4. The van der Waals surface area contributed by atoms with E-state index in [0.717, 1.165) is 11.3 Å². The van der Waals surface area contributed by atoms with E-state index in [0.29, 0.717) is 12.8 Å². The lowest BCUT2D eigenvalue weighted by Crippen LogP contribution is -2.06. The van der Waals surface area contributed by atoms with Gasteiger partial charge in [0.05, 0.1) is 5.56 Å². The standard InChI is InChI=1S/C14H15FN2O/c1-10-3-5-12(13(15)9-10)14(18)6-4-11-7-8-16-17(11)2/h3,5,7-9H,4,6H2,1-2H3. The van der Waals surface area contributed by atoms with Crippen molar-refractivity contribution in [3.63, 3.8) is 0 Å². The van der Waals surface area contributed by atoms with E-state index in [1.807, 2.05) is 13.1 Å². The van der Waals surface area contributed by atoms with E-state index in [9.17, 15) is 9.18 Å². The maximum atomic E-state index is 13.6. The lowest BCUT2D eigenvalue weighted by atomic mass is 10.0. The first-order valence-corrected chi connectivity index (χ1v) is 5.84. The zero-order valence-electron chi connectivity index (χ0n) is 10.5. The molecule has 0 aliphatic heterocycles. The van der Waals surface area contributed by atoms with Crippen molar-refractivity contribution in [3.8, 4) is 0 Å². The quantitative estimate of drug-likeness (QED) is 0.777. The minimum atomic E-state index is -0.440. The predicted octanol–water partition coefficient (Wildman–Crippen LogP) is 2.68. The molecule has 3 nitrogen and oxygen atoms in total. The Bertz CT molecular complexity index is 575. The molecule has 0 saturated heterocycles. The summed E-state index contributed by atoms with van der Waals surface area (Å²) in [7, 11) is 1.83. The Labute approximate surface area is 105 Å². The molecule has 0 unspecified atom stereocenters.